The first kappa shape index (κ1) is 9.90. The van der Waals surface area contributed by atoms with Gasteiger partial charge in [-0.15, -0.1) is 11.3 Å². The van der Waals surface area contributed by atoms with Crippen LogP contribution in [0.15, 0.2) is 28.3 Å². The summed E-state index contributed by atoms with van der Waals surface area (Å²) in [6.07, 6.45) is 1.83. The van der Waals surface area contributed by atoms with Crippen LogP contribution in [-0.4, -0.2) is 4.98 Å². The van der Waals surface area contributed by atoms with Crippen LogP contribution in [0.5, 0.6) is 0 Å². The molecule has 0 aliphatic rings. The normalized spacial score (nSPS) is 10.1. The number of nitrogens with zero attached hydrogens (tertiary/aromatic N) is 2. The van der Waals surface area contributed by atoms with Crippen LogP contribution in [0.2, 0.25) is 0 Å². The molecule has 15 heavy (non-hydrogen) atoms. The topological polar surface area (TPSA) is 61.9 Å². The summed E-state index contributed by atoms with van der Waals surface area (Å²) in [7, 11) is 0. The Kier molecular flexibility index (Phi) is 3.12. The van der Waals surface area contributed by atoms with E-state index in [4.69, 9.17) is 9.68 Å². The third-order valence-electron chi connectivity index (χ3n) is 1.85. The fourth-order valence-electron chi connectivity index (χ4n) is 1.17. The van der Waals surface area contributed by atoms with Gasteiger partial charge in [-0.25, -0.2) is 0 Å². The van der Waals surface area contributed by atoms with Crippen LogP contribution in [0.4, 0.5) is 0 Å². The molecule has 0 atom stereocenters. The Hall–Kier alpha value is -1.64. The Labute approximate surface area is 91.2 Å². The second kappa shape index (κ2) is 4.73. The molecule has 0 amide bonds. The fourth-order valence-corrected chi connectivity index (χ4v) is 1.74. The van der Waals surface area contributed by atoms with Gasteiger partial charge in [-0.05, 0) is 12.1 Å². The number of hydrogen-bond donors (Lipinski definition) is 1. The Morgan fingerprint density at radius 3 is 3.07 bits per heavy atom. The lowest BCUT2D eigenvalue weighted by atomic mass is 10.4. The molecule has 1 N–H and O–H groups in total. The van der Waals surface area contributed by atoms with E-state index in [0.29, 0.717) is 12.3 Å². The zero-order valence-electron chi connectivity index (χ0n) is 7.93. The average molecular weight is 219 g/mol. The highest BCUT2D eigenvalue weighted by atomic mass is 32.1. The lowest BCUT2D eigenvalue weighted by Crippen LogP contribution is -2.10. The van der Waals surface area contributed by atoms with Gasteiger partial charge in [-0.3, -0.25) is 4.98 Å². The van der Waals surface area contributed by atoms with Crippen molar-refractivity contribution in [3.05, 3.63) is 40.2 Å². The maximum Gasteiger partial charge on any atom is 0.203 e. The van der Waals surface area contributed by atoms with E-state index in [0.717, 1.165) is 12.3 Å². The third kappa shape index (κ3) is 2.65. The van der Waals surface area contributed by atoms with E-state index in [9.17, 15) is 0 Å². The number of furan rings is 1. The summed E-state index contributed by atoms with van der Waals surface area (Å²) in [5.74, 6) is 1.13. The van der Waals surface area contributed by atoms with Crippen molar-refractivity contribution in [2.45, 2.75) is 13.1 Å². The Morgan fingerprint density at radius 1 is 1.47 bits per heavy atom. The number of hydrogen-bond acceptors (Lipinski definition) is 5. The first-order chi connectivity index (χ1) is 7.38. The Balaban J connectivity index is 1.81. The SMILES string of the molecule is N#Cc1ccc(CNCc2cncs2)o1. The van der Waals surface area contributed by atoms with Crippen molar-refractivity contribution in [3.63, 3.8) is 0 Å². The average Bonchev–Trinajstić information content (AvgIpc) is 2.88. The van der Waals surface area contributed by atoms with Crippen molar-refractivity contribution in [2.24, 2.45) is 0 Å². The van der Waals surface area contributed by atoms with E-state index in [2.05, 4.69) is 10.3 Å². The first-order valence-corrected chi connectivity index (χ1v) is 5.33. The van der Waals surface area contributed by atoms with Gasteiger partial charge < -0.3 is 9.73 Å². The Morgan fingerprint density at radius 2 is 2.40 bits per heavy atom. The van der Waals surface area contributed by atoms with Crippen LogP contribution in [-0.2, 0) is 13.1 Å². The highest BCUT2D eigenvalue weighted by Crippen LogP contribution is 2.08. The molecule has 2 aromatic rings. The van der Waals surface area contributed by atoms with E-state index in [1.165, 1.54) is 4.88 Å². The van der Waals surface area contributed by atoms with Gasteiger partial charge in [0.2, 0.25) is 5.76 Å². The predicted molar refractivity (Wildman–Crippen MR) is 56.1 cm³/mol. The first-order valence-electron chi connectivity index (χ1n) is 4.45. The van der Waals surface area contributed by atoms with Crippen LogP contribution in [0.1, 0.15) is 16.4 Å². The summed E-state index contributed by atoms with van der Waals surface area (Å²) in [4.78, 5) is 5.16. The molecule has 0 saturated carbocycles. The van der Waals surface area contributed by atoms with Crippen LogP contribution < -0.4 is 5.32 Å². The van der Waals surface area contributed by atoms with Crippen molar-refractivity contribution in [1.29, 1.82) is 5.26 Å². The third-order valence-corrected chi connectivity index (χ3v) is 2.63. The quantitative estimate of drug-likeness (QED) is 0.853. The number of nitriles is 1. The molecule has 0 aromatic carbocycles. The summed E-state index contributed by atoms with van der Waals surface area (Å²) < 4.78 is 5.22. The van der Waals surface area contributed by atoms with Crippen LogP contribution >= 0.6 is 11.3 Å². The minimum Gasteiger partial charge on any atom is -0.449 e. The molecule has 76 valence electrons. The van der Waals surface area contributed by atoms with Crippen LogP contribution in [0.25, 0.3) is 0 Å². The van der Waals surface area contributed by atoms with Gasteiger partial charge in [0.15, 0.2) is 0 Å². The second-order valence-electron chi connectivity index (χ2n) is 2.95. The monoisotopic (exact) mass is 219 g/mol. The zero-order chi connectivity index (χ0) is 10.5. The summed E-state index contributed by atoms with van der Waals surface area (Å²) in [6, 6.07) is 5.42. The molecule has 2 rings (SSSR count). The molecule has 2 aromatic heterocycles. The molecule has 0 spiro atoms. The van der Waals surface area contributed by atoms with Crippen molar-refractivity contribution < 1.29 is 4.42 Å². The summed E-state index contributed by atoms with van der Waals surface area (Å²) >= 11 is 1.61. The summed E-state index contributed by atoms with van der Waals surface area (Å²) in [5.41, 5.74) is 1.80. The molecule has 0 aliphatic carbocycles. The van der Waals surface area contributed by atoms with E-state index in [1.54, 1.807) is 29.0 Å². The van der Waals surface area contributed by atoms with Gasteiger partial charge in [-0.1, -0.05) is 0 Å². The van der Waals surface area contributed by atoms with E-state index in [1.807, 2.05) is 12.3 Å². The lowest BCUT2D eigenvalue weighted by molar-refractivity contribution is 0.474. The van der Waals surface area contributed by atoms with Crippen molar-refractivity contribution in [3.8, 4) is 6.07 Å². The highest BCUT2D eigenvalue weighted by molar-refractivity contribution is 7.09. The second-order valence-corrected chi connectivity index (χ2v) is 3.92. The lowest BCUT2D eigenvalue weighted by Gasteiger charge is -1.98. The number of aromatic nitrogens is 1. The van der Waals surface area contributed by atoms with E-state index < -0.39 is 0 Å². The number of nitrogens with one attached hydrogen (secondary N) is 1. The van der Waals surface area contributed by atoms with Crippen molar-refractivity contribution in [1.82, 2.24) is 10.3 Å². The number of thiazole rings is 1. The zero-order valence-corrected chi connectivity index (χ0v) is 8.75. The molecule has 0 bridgehead atoms. The van der Waals surface area contributed by atoms with Crippen LogP contribution in [0.3, 0.4) is 0 Å². The molecule has 0 radical (unpaired) electrons. The summed E-state index contributed by atoms with van der Waals surface area (Å²) in [6.45, 7) is 1.40. The predicted octanol–water partition coefficient (Wildman–Crippen LogP) is 1.90. The largest absolute Gasteiger partial charge is 0.449 e. The molecule has 2 heterocycles. The maximum atomic E-state index is 8.56. The maximum absolute atomic E-state index is 8.56. The minimum atomic E-state index is 0.351. The van der Waals surface area contributed by atoms with Gasteiger partial charge in [-0.2, -0.15) is 5.26 Å². The van der Waals surface area contributed by atoms with Crippen molar-refractivity contribution >= 4 is 11.3 Å². The molecule has 0 saturated heterocycles. The standard InChI is InChI=1S/C10H9N3OS/c11-3-8-1-2-9(14-8)4-12-5-10-6-13-7-15-10/h1-2,6-7,12H,4-5H2. The van der Waals surface area contributed by atoms with Gasteiger partial charge in [0.25, 0.3) is 0 Å². The number of rotatable bonds is 4. The summed E-state index contributed by atoms with van der Waals surface area (Å²) in [5, 5.41) is 11.8. The van der Waals surface area contributed by atoms with Gasteiger partial charge in [0, 0.05) is 17.6 Å². The minimum absolute atomic E-state index is 0.351. The van der Waals surface area contributed by atoms with Crippen molar-refractivity contribution in [2.75, 3.05) is 0 Å². The van der Waals surface area contributed by atoms with Gasteiger partial charge >= 0.3 is 0 Å². The van der Waals surface area contributed by atoms with E-state index >= 15 is 0 Å². The fraction of sp³-hybridized carbons (Fsp3) is 0.200. The molecule has 0 fully saturated rings. The molecule has 0 unspecified atom stereocenters. The van der Waals surface area contributed by atoms with Gasteiger partial charge in [0.05, 0.1) is 12.1 Å². The molecule has 5 heteroatoms. The van der Waals surface area contributed by atoms with Gasteiger partial charge in [0.1, 0.15) is 11.8 Å². The van der Waals surface area contributed by atoms with Crippen LogP contribution in [0, 0.1) is 11.3 Å². The molecular weight excluding hydrogens is 210 g/mol. The molecule has 0 aliphatic heterocycles. The molecule has 4 nitrogen and oxygen atoms in total. The molecular formula is C10H9N3OS. The highest BCUT2D eigenvalue weighted by Gasteiger charge is 2.00. The van der Waals surface area contributed by atoms with E-state index in [-0.39, 0.29) is 0 Å². The Bertz CT molecular complexity index is 455. The smallest absolute Gasteiger partial charge is 0.203 e.